The molecule has 0 aromatic heterocycles. The number of nitrogens with zero attached hydrogens (tertiary/aromatic N) is 2. The molecule has 0 saturated heterocycles. The summed E-state index contributed by atoms with van der Waals surface area (Å²) in [5.41, 5.74) is 6.89. The van der Waals surface area contributed by atoms with Gasteiger partial charge in [-0.05, 0) is 46.5 Å². The summed E-state index contributed by atoms with van der Waals surface area (Å²) < 4.78 is 11.1. The molecule has 156 valence electrons. The number of hydrazone groups is 1. The highest BCUT2D eigenvalue weighted by molar-refractivity contribution is 6.03. The van der Waals surface area contributed by atoms with Crippen molar-refractivity contribution in [3.8, 4) is 22.6 Å². The monoisotopic (exact) mass is 418 g/mol. The van der Waals surface area contributed by atoms with Crippen molar-refractivity contribution >= 4 is 11.4 Å². The van der Waals surface area contributed by atoms with Gasteiger partial charge in [0.2, 0.25) is 6.79 Å². The van der Waals surface area contributed by atoms with Crippen molar-refractivity contribution in [1.29, 1.82) is 0 Å². The molecule has 2 aliphatic heterocycles. The lowest BCUT2D eigenvalue weighted by Gasteiger charge is -2.24. The fourth-order valence-electron chi connectivity index (χ4n) is 4.37. The molecular formula is C28H22N2O2. The third-order valence-electron chi connectivity index (χ3n) is 6.04. The van der Waals surface area contributed by atoms with Crippen LogP contribution < -0.4 is 14.5 Å². The smallest absolute Gasteiger partial charge is 0.231 e. The van der Waals surface area contributed by atoms with Gasteiger partial charge in [-0.3, -0.25) is 5.01 Å². The zero-order valence-electron chi connectivity index (χ0n) is 17.5. The summed E-state index contributed by atoms with van der Waals surface area (Å²) >= 11 is 0. The van der Waals surface area contributed by atoms with E-state index in [0.29, 0.717) is 0 Å². The van der Waals surface area contributed by atoms with Crippen LogP contribution in [0.1, 0.15) is 23.6 Å². The standard InChI is InChI=1S/C28H22N2O2/c1-3-7-20(8-4-1)21-11-13-22(14-12-21)25-18-26(30(29-25)24-9-5-2-6-10-24)23-15-16-27-28(17-23)32-19-31-27/h1-17,26H,18-19H2. The van der Waals surface area contributed by atoms with E-state index in [-0.39, 0.29) is 12.8 Å². The minimum Gasteiger partial charge on any atom is -0.454 e. The molecule has 0 radical (unpaired) electrons. The van der Waals surface area contributed by atoms with E-state index >= 15 is 0 Å². The molecule has 1 unspecified atom stereocenters. The van der Waals surface area contributed by atoms with Crippen molar-refractivity contribution in [2.24, 2.45) is 5.10 Å². The third kappa shape index (κ3) is 3.40. The highest BCUT2D eigenvalue weighted by Gasteiger charge is 2.31. The summed E-state index contributed by atoms with van der Waals surface area (Å²) in [4.78, 5) is 0. The maximum absolute atomic E-state index is 5.63. The average Bonchev–Trinajstić information content (AvgIpc) is 3.52. The summed E-state index contributed by atoms with van der Waals surface area (Å²) in [6.45, 7) is 0.279. The number of hydrogen-bond acceptors (Lipinski definition) is 4. The topological polar surface area (TPSA) is 34.1 Å². The van der Waals surface area contributed by atoms with E-state index in [2.05, 4.69) is 77.8 Å². The van der Waals surface area contributed by atoms with Crippen molar-refractivity contribution in [3.05, 3.63) is 114 Å². The summed E-state index contributed by atoms with van der Waals surface area (Å²) in [6, 6.07) is 35.8. The van der Waals surface area contributed by atoms with Crippen molar-refractivity contribution < 1.29 is 9.47 Å². The van der Waals surface area contributed by atoms with Gasteiger partial charge in [0, 0.05) is 6.42 Å². The first-order valence-corrected chi connectivity index (χ1v) is 10.8. The van der Waals surface area contributed by atoms with E-state index in [1.807, 2.05) is 30.3 Å². The maximum atomic E-state index is 5.63. The Hall–Kier alpha value is -4.05. The SMILES string of the molecule is c1ccc(-c2ccc(C3=NN(c4ccccc4)C(c4ccc5c(c4)OCO5)C3)cc2)cc1. The lowest BCUT2D eigenvalue weighted by molar-refractivity contribution is 0.174. The fraction of sp³-hybridized carbons (Fsp3) is 0.107. The van der Waals surface area contributed by atoms with E-state index in [9.17, 15) is 0 Å². The second-order valence-corrected chi connectivity index (χ2v) is 8.00. The van der Waals surface area contributed by atoms with Crippen LogP contribution >= 0.6 is 0 Å². The Morgan fingerprint density at radius 3 is 2.09 bits per heavy atom. The molecule has 0 spiro atoms. The Bertz CT molecular complexity index is 1270. The number of fused-ring (bicyclic) bond motifs is 1. The quantitative estimate of drug-likeness (QED) is 0.383. The van der Waals surface area contributed by atoms with Crippen molar-refractivity contribution in [1.82, 2.24) is 0 Å². The van der Waals surface area contributed by atoms with Gasteiger partial charge in [0.15, 0.2) is 11.5 Å². The fourth-order valence-corrected chi connectivity index (χ4v) is 4.37. The molecule has 0 N–H and O–H groups in total. The lowest BCUT2D eigenvalue weighted by Crippen LogP contribution is -2.18. The predicted molar refractivity (Wildman–Crippen MR) is 127 cm³/mol. The Balaban J connectivity index is 1.35. The second kappa shape index (κ2) is 7.89. The minimum absolute atomic E-state index is 0.0932. The molecule has 2 heterocycles. The Kier molecular flexibility index (Phi) is 4.61. The van der Waals surface area contributed by atoms with E-state index in [1.165, 1.54) is 11.1 Å². The molecule has 4 aromatic rings. The van der Waals surface area contributed by atoms with E-state index < -0.39 is 0 Å². The van der Waals surface area contributed by atoms with Gasteiger partial charge >= 0.3 is 0 Å². The van der Waals surface area contributed by atoms with Crippen LogP contribution in [-0.4, -0.2) is 12.5 Å². The third-order valence-corrected chi connectivity index (χ3v) is 6.04. The van der Waals surface area contributed by atoms with Gasteiger partial charge in [-0.2, -0.15) is 5.10 Å². The molecule has 0 bridgehead atoms. The highest BCUT2D eigenvalue weighted by atomic mass is 16.7. The molecule has 4 heteroatoms. The summed E-state index contributed by atoms with van der Waals surface area (Å²) in [6.07, 6.45) is 0.819. The second-order valence-electron chi connectivity index (χ2n) is 8.00. The van der Waals surface area contributed by atoms with Gasteiger partial charge in [-0.15, -0.1) is 0 Å². The Morgan fingerprint density at radius 1 is 0.656 bits per heavy atom. The van der Waals surface area contributed by atoms with Crippen LogP contribution in [0.25, 0.3) is 11.1 Å². The Morgan fingerprint density at radius 2 is 1.31 bits per heavy atom. The number of anilines is 1. The van der Waals surface area contributed by atoms with Crippen LogP contribution in [0.2, 0.25) is 0 Å². The molecule has 2 aliphatic rings. The zero-order valence-corrected chi connectivity index (χ0v) is 17.5. The average molecular weight is 418 g/mol. The summed E-state index contributed by atoms with van der Waals surface area (Å²) in [5.74, 6) is 1.60. The number of ether oxygens (including phenoxy) is 2. The molecule has 4 aromatic carbocycles. The number of benzene rings is 4. The molecule has 32 heavy (non-hydrogen) atoms. The molecule has 6 rings (SSSR count). The van der Waals surface area contributed by atoms with Crippen LogP contribution in [0.5, 0.6) is 11.5 Å². The highest BCUT2D eigenvalue weighted by Crippen LogP contribution is 2.41. The first kappa shape index (κ1) is 18.7. The summed E-state index contributed by atoms with van der Waals surface area (Å²) in [5, 5.41) is 7.18. The molecule has 1 atom stereocenters. The molecule has 0 saturated carbocycles. The zero-order chi connectivity index (χ0) is 21.3. The first-order chi connectivity index (χ1) is 15.8. The van der Waals surface area contributed by atoms with Gasteiger partial charge in [0.1, 0.15) is 0 Å². The normalized spacial score (nSPS) is 16.8. The Labute approximate surface area is 187 Å². The van der Waals surface area contributed by atoms with Gasteiger partial charge in [0.05, 0.1) is 17.4 Å². The number of hydrogen-bond donors (Lipinski definition) is 0. The molecular weight excluding hydrogens is 396 g/mol. The number of para-hydroxylation sites is 1. The molecule has 0 aliphatic carbocycles. The van der Waals surface area contributed by atoms with Crippen LogP contribution in [0.4, 0.5) is 5.69 Å². The van der Waals surface area contributed by atoms with Crippen molar-refractivity contribution in [3.63, 3.8) is 0 Å². The molecule has 0 fully saturated rings. The van der Waals surface area contributed by atoms with Gasteiger partial charge in [-0.1, -0.05) is 78.9 Å². The van der Waals surface area contributed by atoms with Crippen molar-refractivity contribution in [2.45, 2.75) is 12.5 Å². The van der Waals surface area contributed by atoms with E-state index in [0.717, 1.165) is 40.4 Å². The van der Waals surface area contributed by atoms with Gasteiger partial charge < -0.3 is 9.47 Å². The van der Waals surface area contributed by atoms with E-state index in [4.69, 9.17) is 14.6 Å². The minimum atomic E-state index is 0.0932. The van der Waals surface area contributed by atoms with Crippen LogP contribution in [-0.2, 0) is 0 Å². The predicted octanol–water partition coefficient (Wildman–Crippen LogP) is 6.44. The van der Waals surface area contributed by atoms with Crippen LogP contribution in [0.15, 0.2) is 108 Å². The van der Waals surface area contributed by atoms with Crippen molar-refractivity contribution in [2.75, 3.05) is 11.8 Å². The van der Waals surface area contributed by atoms with E-state index in [1.54, 1.807) is 0 Å². The lowest BCUT2D eigenvalue weighted by atomic mass is 9.96. The maximum Gasteiger partial charge on any atom is 0.231 e. The molecule has 0 amide bonds. The van der Waals surface area contributed by atoms with Gasteiger partial charge in [0.25, 0.3) is 0 Å². The number of rotatable bonds is 4. The van der Waals surface area contributed by atoms with Gasteiger partial charge in [-0.25, -0.2) is 0 Å². The van der Waals surface area contributed by atoms with Crippen LogP contribution in [0.3, 0.4) is 0 Å². The van der Waals surface area contributed by atoms with Crippen LogP contribution in [0, 0.1) is 0 Å². The largest absolute Gasteiger partial charge is 0.454 e. The molecule has 4 nitrogen and oxygen atoms in total. The summed E-state index contributed by atoms with van der Waals surface area (Å²) in [7, 11) is 0. The first-order valence-electron chi connectivity index (χ1n) is 10.8.